The minimum absolute atomic E-state index is 0.220. The van der Waals surface area contributed by atoms with Crippen LogP contribution in [0.3, 0.4) is 0 Å². The predicted octanol–water partition coefficient (Wildman–Crippen LogP) is 2.73. The number of halogens is 1. The Hall–Kier alpha value is -1.92. The SMILES string of the molecule is CCCC(NCc1nc(-c2ccc(Cl)cc2)no1)C(=O)O. The van der Waals surface area contributed by atoms with Crippen LogP contribution in [-0.4, -0.2) is 27.3 Å². The highest BCUT2D eigenvalue weighted by atomic mass is 35.5. The molecule has 2 rings (SSSR count). The molecule has 0 spiro atoms. The van der Waals surface area contributed by atoms with Crippen LogP contribution in [0.25, 0.3) is 11.4 Å². The zero-order valence-electron chi connectivity index (χ0n) is 11.5. The summed E-state index contributed by atoms with van der Waals surface area (Å²) in [6.07, 6.45) is 1.33. The van der Waals surface area contributed by atoms with Gasteiger partial charge in [-0.1, -0.05) is 30.1 Å². The number of nitrogens with zero attached hydrogens (tertiary/aromatic N) is 2. The Balaban J connectivity index is 2.00. The minimum Gasteiger partial charge on any atom is -0.480 e. The first-order valence-corrected chi connectivity index (χ1v) is 7.02. The van der Waals surface area contributed by atoms with Crippen LogP contribution in [-0.2, 0) is 11.3 Å². The average molecular weight is 310 g/mol. The maximum atomic E-state index is 11.0. The highest BCUT2D eigenvalue weighted by Crippen LogP contribution is 2.18. The molecule has 0 saturated heterocycles. The maximum Gasteiger partial charge on any atom is 0.320 e. The van der Waals surface area contributed by atoms with E-state index in [1.807, 2.05) is 6.92 Å². The lowest BCUT2D eigenvalue weighted by atomic mass is 10.2. The molecule has 2 N–H and O–H groups in total. The molecule has 0 amide bonds. The number of benzene rings is 1. The van der Waals surface area contributed by atoms with Crippen molar-refractivity contribution in [3.8, 4) is 11.4 Å². The summed E-state index contributed by atoms with van der Waals surface area (Å²) in [6.45, 7) is 2.15. The number of hydrogen-bond acceptors (Lipinski definition) is 5. The Morgan fingerprint density at radius 1 is 1.43 bits per heavy atom. The van der Waals surface area contributed by atoms with E-state index in [1.54, 1.807) is 24.3 Å². The van der Waals surface area contributed by atoms with E-state index in [4.69, 9.17) is 21.2 Å². The zero-order chi connectivity index (χ0) is 15.2. The van der Waals surface area contributed by atoms with Crippen molar-refractivity contribution in [3.63, 3.8) is 0 Å². The van der Waals surface area contributed by atoms with Crippen molar-refractivity contribution in [1.82, 2.24) is 15.5 Å². The van der Waals surface area contributed by atoms with Gasteiger partial charge in [-0.15, -0.1) is 0 Å². The molecule has 7 heteroatoms. The molecule has 1 aromatic carbocycles. The number of nitrogens with one attached hydrogen (secondary N) is 1. The number of aromatic nitrogens is 2. The van der Waals surface area contributed by atoms with Crippen LogP contribution in [0.15, 0.2) is 28.8 Å². The molecule has 1 unspecified atom stereocenters. The van der Waals surface area contributed by atoms with Gasteiger partial charge in [0.05, 0.1) is 6.54 Å². The van der Waals surface area contributed by atoms with Crippen molar-refractivity contribution in [2.75, 3.05) is 0 Å². The topological polar surface area (TPSA) is 88.3 Å². The monoisotopic (exact) mass is 309 g/mol. The normalized spacial score (nSPS) is 12.3. The molecule has 1 atom stereocenters. The average Bonchev–Trinajstić information content (AvgIpc) is 2.92. The summed E-state index contributed by atoms with van der Waals surface area (Å²) in [6, 6.07) is 6.46. The third kappa shape index (κ3) is 4.27. The van der Waals surface area contributed by atoms with Gasteiger partial charge in [0.2, 0.25) is 11.7 Å². The van der Waals surface area contributed by atoms with Crippen LogP contribution in [0.1, 0.15) is 25.7 Å². The maximum absolute atomic E-state index is 11.0. The van der Waals surface area contributed by atoms with E-state index in [0.29, 0.717) is 23.2 Å². The van der Waals surface area contributed by atoms with Crippen LogP contribution in [0.5, 0.6) is 0 Å². The molecule has 21 heavy (non-hydrogen) atoms. The van der Waals surface area contributed by atoms with Crippen molar-refractivity contribution in [3.05, 3.63) is 35.2 Å². The second-order valence-electron chi connectivity index (χ2n) is 4.58. The molecule has 1 heterocycles. The van der Waals surface area contributed by atoms with Crippen molar-refractivity contribution < 1.29 is 14.4 Å². The van der Waals surface area contributed by atoms with Crippen LogP contribution in [0.4, 0.5) is 0 Å². The number of carbonyl (C=O) groups is 1. The minimum atomic E-state index is -0.880. The second-order valence-corrected chi connectivity index (χ2v) is 5.02. The lowest BCUT2D eigenvalue weighted by molar-refractivity contribution is -0.139. The van der Waals surface area contributed by atoms with E-state index < -0.39 is 12.0 Å². The lowest BCUT2D eigenvalue weighted by Gasteiger charge is -2.11. The van der Waals surface area contributed by atoms with Gasteiger partial charge in [0.1, 0.15) is 6.04 Å². The quantitative estimate of drug-likeness (QED) is 0.817. The molecule has 0 aliphatic carbocycles. The fourth-order valence-electron chi connectivity index (χ4n) is 1.85. The van der Waals surface area contributed by atoms with Crippen molar-refractivity contribution in [1.29, 1.82) is 0 Å². The Kier molecular flexibility index (Phi) is 5.30. The van der Waals surface area contributed by atoms with E-state index in [2.05, 4.69) is 15.5 Å². The molecule has 0 aliphatic rings. The number of aliphatic carboxylic acids is 1. The van der Waals surface area contributed by atoms with Crippen LogP contribution < -0.4 is 5.32 Å². The molecule has 112 valence electrons. The van der Waals surface area contributed by atoms with Gasteiger partial charge in [-0.05, 0) is 30.7 Å². The standard InChI is InChI=1S/C14H16ClN3O3/c1-2-3-11(14(19)20)16-8-12-17-13(18-21-12)9-4-6-10(15)7-5-9/h4-7,11,16H,2-3,8H2,1H3,(H,19,20). The Morgan fingerprint density at radius 2 is 2.14 bits per heavy atom. The first-order valence-electron chi connectivity index (χ1n) is 6.65. The number of rotatable bonds is 7. The summed E-state index contributed by atoms with van der Waals surface area (Å²) in [5.41, 5.74) is 0.790. The third-order valence-corrected chi connectivity index (χ3v) is 3.20. The molecular formula is C14H16ClN3O3. The van der Waals surface area contributed by atoms with E-state index in [1.165, 1.54) is 0 Å². The van der Waals surface area contributed by atoms with Crippen molar-refractivity contribution in [2.45, 2.75) is 32.4 Å². The Morgan fingerprint density at radius 3 is 2.76 bits per heavy atom. The summed E-state index contributed by atoms with van der Waals surface area (Å²) < 4.78 is 5.11. The van der Waals surface area contributed by atoms with Gasteiger partial charge in [-0.2, -0.15) is 4.98 Å². The number of carboxylic acids is 1. The van der Waals surface area contributed by atoms with E-state index in [-0.39, 0.29) is 6.54 Å². The van der Waals surface area contributed by atoms with Crippen LogP contribution >= 0.6 is 11.6 Å². The van der Waals surface area contributed by atoms with E-state index in [9.17, 15) is 4.79 Å². The Bertz CT molecular complexity index is 598. The fourth-order valence-corrected chi connectivity index (χ4v) is 1.98. The van der Waals surface area contributed by atoms with Gasteiger partial charge in [-0.3, -0.25) is 10.1 Å². The first-order chi connectivity index (χ1) is 10.1. The molecular weight excluding hydrogens is 294 g/mol. The largest absolute Gasteiger partial charge is 0.480 e. The van der Waals surface area contributed by atoms with Crippen LogP contribution in [0.2, 0.25) is 5.02 Å². The van der Waals surface area contributed by atoms with Gasteiger partial charge < -0.3 is 9.63 Å². The van der Waals surface area contributed by atoms with E-state index in [0.717, 1.165) is 12.0 Å². The van der Waals surface area contributed by atoms with Gasteiger partial charge in [0.15, 0.2) is 0 Å². The molecule has 0 bridgehead atoms. The molecule has 0 fully saturated rings. The highest BCUT2D eigenvalue weighted by Gasteiger charge is 2.17. The molecule has 1 aromatic heterocycles. The highest BCUT2D eigenvalue weighted by molar-refractivity contribution is 6.30. The molecule has 0 aliphatic heterocycles. The summed E-state index contributed by atoms with van der Waals surface area (Å²) >= 11 is 5.82. The van der Waals surface area contributed by atoms with Crippen LogP contribution in [0, 0.1) is 0 Å². The Labute approximate surface area is 127 Å². The molecule has 0 saturated carbocycles. The predicted molar refractivity (Wildman–Crippen MR) is 77.9 cm³/mol. The second kappa shape index (κ2) is 7.19. The first kappa shape index (κ1) is 15.5. The molecule has 6 nitrogen and oxygen atoms in total. The summed E-state index contributed by atoms with van der Waals surface area (Å²) in [7, 11) is 0. The summed E-state index contributed by atoms with van der Waals surface area (Å²) in [5, 5.41) is 16.4. The van der Waals surface area contributed by atoms with Crippen molar-refractivity contribution in [2.24, 2.45) is 0 Å². The summed E-state index contributed by atoms with van der Waals surface area (Å²) in [4.78, 5) is 15.3. The number of hydrogen-bond donors (Lipinski definition) is 2. The number of carboxylic acid groups (broad SMARTS) is 1. The zero-order valence-corrected chi connectivity index (χ0v) is 12.3. The molecule has 0 radical (unpaired) electrons. The van der Waals surface area contributed by atoms with Crippen molar-refractivity contribution >= 4 is 17.6 Å². The smallest absolute Gasteiger partial charge is 0.320 e. The third-order valence-electron chi connectivity index (χ3n) is 2.95. The van der Waals surface area contributed by atoms with Gasteiger partial charge >= 0.3 is 5.97 Å². The van der Waals surface area contributed by atoms with Gasteiger partial charge in [0, 0.05) is 10.6 Å². The lowest BCUT2D eigenvalue weighted by Crippen LogP contribution is -2.36. The molecule has 2 aromatic rings. The fraction of sp³-hybridized carbons (Fsp3) is 0.357. The van der Waals surface area contributed by atoms with Gasteiger partial charge in [0.25, 0.3) is 0 Å². The van der Waals surface area contributed by atoms with Gasteiger partial charge in [-0.25, -0.2) is 0 Å². The van der Waals surface area contributed by atoms with E-state index >= 15 is 0 Å². The summed E-state index contributed by atoms with van der Waals surface area (Å²) in [5.74, 6) is -0.0811.